The standard InChI is InChI=1S/C18H19NO4/c1-12-4-2-3-5-14(12)18(21)19-9-8-15(20)13-6-7-16-17(10-13)23-11-22-16/h2-7,10,15,20H,8-9,11H2,1H3,(H,19,21). The van der Waals surface area contributed by atoms with Crippen molar-refractivity contribution < 1.29 is 19.4 Å². The molecular formula is C18H19NO4. The lowest BCUT2D eigenvalue weighted by Crippen LogP contribution is -2.26. The topological polar surface area (TPSA) is 67.8 Å². The summed E-state index contributed by atoms with van der Waals surface area (Å²) in [6.45, 7) is 2.50. The first-order valence-corrected chi connectivity index (χ1v) is 7.56. The summed E-state index contributed by atoms with van der Waals surface area (Å²) in [5, 5.41) is 13.1. The molecule has 3 rings (SSSR count). The highest BCUT2D eigenvalue weighted by molar-refractivity contribution is 5.95. The van der Waals surface area contributed by atoms with Crippen LogP contribution >= 0.6 is 0 Å². The zero-order chi connectivity index (χ0) is 16.2. The van der Waals surface area contributed by atoms with E-state index in [1.807, 2.05) is 25.1 Å². The highest BCUT2D eigenvalue weighted by Crippen LogP contribution is 2.34. The van der Waals surface area contributed by atoms with Crippen LogP contribution in [0.15, 0.2) is 42.5 Å². The van der Waals surface area contributed by atoms with Crippen LogP contribution < -0.4 is 14.8 Å². The summed E-state index contributed by atoms with van der Waals surface area (Å²) in [6.07, 6.45) is -0.237. The first kappa shape index (κ1) is 15.4. The lowest BCUT2D eigenvalue weighted by atomic mass is 10.1. The number of ether oxygens (including phenoxy) is 2. The molecule has 1 atom stereocenters. The van der Waals surface area contributed by atoms with E-state index in [0.29, 0.717) is 30.0 Å². The van der Waals surface area contributed by atoms with Gasteiger partial charge in [0.25, 0.3) is 5.91 Å². The Hall–Kier alpha value is -2.53. The molecule has 2 aromatic carbocycles. The van der Waals surface area contributed by atoms with E-state index in [2.05, 4.69) is 5.32 Å². The van der Waals surface area contributed by atoms with E-state index in [4.69, 9.17) is 9.47 Å². The third-order valence-corrected chi connectivity index (χ3v) is 3.87. The number of rotatable bonds is 5. The smallest absolute Gasteiger partial charge is 0.251 e. The fourth-order valence-corrected chi connectivity index (χ4v) is 2.53. The van der Waals surface area contributed by atoms with Gasteiger partial charge in [-0.15, -0.1) is 0 Å². The summed E-state index contributed by atoms with van der Waals surface area (Å²) in [6, 6.07) is 12.8. The molecule has 1 aliphatic heterocycles. The molecular weight excluding hydrogens is 294 g/mol. The molecule has 23 heavy (non-hydrogen) atoms. The van der Waals surface area contributed by atoms with E-state index in [0.717, 1.165) is 11.1 Å². The monoisotopic (exact) mass is 313 g/mol. The second kappa shape index (κ2) is 6.71. The van der Waals surface area contributed by atoms with Crippen LogP contribution in [0.1, 0.15) is 34.0 Å². The summed E-state index contributed by atoms with van der Waals surface area (Å²) in [7, 11) is 0. The molecule has 120 valence electrons. The molecule has 0 spiro atoms. The molecule has 0 aromatic heterocycles. The van der Waals surface area contributed by atoms with Crippen molar-refractivity contribution in [2.75, 3.05) is 13.3 Å². The average molecular weight is 313 g/mol. The Labute approximate surface area is 134 Å². The van der Waals surface area contributed by atoms with E-state index in [-0.39, 0.29) is 12.7 Å². The molecule has 5 nitrogen and oxygen atoms in total. The number of aryl methyl sites for hydroxylation is 1. The summed E-state index contributed by atoms with van der Waals surface area (Å²) in [5.74, 6) is 1.21. The lowest BCUT2D eigenvalue weighted by Gasteiger charge is -2.13. The van der Waals surface area contributed by atoms with Gasteiger partial charge in [-0.1, -0.05) is 24.3 Å². The molecule has 0 bridgehead atoms. The van der Waals surface area contributed by atoms with Crippen LogP contribution in [0.2, 0.25) is 0 Å². The van der Waals surface area contributed by atoms with Gasteiger partial charge in [-0.2, -0.15) is 0 Å². The van der Waals surface area contributed by atoms with Crippen LogP contribution in [-0.4, -0.2) is 24.4 Å². The van der Waals surface area contributed by atoms with Crippen molar-refractivity contribution in [2.24, 2.45) is 0 Å². The second-order valence-electron chi connectivity index (χ2n) is 5.49. The Balaban J connectivity index is 1.54. The van der Waals surface area contributed by atoms with Crippen molar-refractivity contribution in [2.45, 2.75) is 19.4 Å². The maximum Gasteiger partial charge on any atom is 0.251 e. The Morgan fingerprint density at radius 1 is 1.22 bits per heavy atom. The van der Waals surface area contributed by atoms with Gasteiger partial charge in [0, 0.05) is 12.1 Å². The van der Waals surface area contributed by atoms with Gasteiger partial charge in [0.15, 0.2) is 11.5 Å². The van der Waals surface area contributed by atoms with E-state index in [1.54, 1.807) is 24.3 Å². The van der Waals surface area contributed by atoms with Crippen molar-refractivity contribution in [3.63, 3.8) is 0 Å². The number of aliphatic hydroxyl groups is 1. The first-order chi connectivity index (χ1) is 11.1. The molecule has 0 saturated heterocycles. The zero-order valence-electron chi connectivity index (χ0n) is 12.9. The number of carbonyl (C=O) groups excluding carboxylic acids is 1. The Bertz CT molecular complexity index is 714. The molecule has 1 unspecified atom stereocenters. The second-order valence-corrected chi connectivity index (χ2v) is 5.49. The van der Waals surface area contributed by atoms with Crippen molar-refractivity contribution in [1.82, 2.24) is 5.32 Å². The normalized spacial score (nSPS) is 13.7. The number of aliphatic hydroxyl groups excluding tert-OH is 1. The molecule has 0 aliphatic carbocycles. The van der Waals surface area contributed by atoms with Gasteiger partial charge in [0.1, 0.15) is 0 Å². The minimum atomic E-state index is -0.665. The molecule has 2 aromatic rings. The van der Waals surface area contributed by atoms with Gasteiger partial charge in [0.2, 0.25) is 6.79 Å². The fourth-order valence-electron chi connectivity index (χ4n) is 2.53. The number of benzene rings is 2. The van der Waals surface area contributed by atoms with Crippen molar-refractivity contribution in [3.8, 4) is 11.5 Å². The maximum absolute atomic E-state index is 12.1. The third kappa shape index (κ3) is 3.46. The van der Waals surface area contributed by atoms with Gasteiger partial charge in [-0.05, 0) is 42.7 Å². The van der Waals surface area contributed by atoms with Gasteiger partial charge in [-0.3, -0.25) is 4.79 Å². The molecule has 1 heterocycles. The highest BCUT2D eigenvalue weighted by Gasteiger charge is 2.17. The summed E-state index contributed by atoms with van der Waals surface area (Å²) in [4.78, 5) is 12.1. The van der Waals surface area contributed by atoms with Crippen LogP contribution in [-0.2, 0) is 0 Å². The predicted molar refractivity (Wildman–Crippen MR) is 85.7 cm³/mol. The Kier molecular flexibility index (Phi) is 4.48. The number of amides is 1. The summed E-state index contributed by atoms with van der Waals surface area (Å²) >= 11 is 0. The van der Waals surface area contributed by atoms with E-state index < -0.39 is 6.10 Å². The number of fused-ring (bicyclic) bond motifs is 1. The number of hydrogen-bond acceptors (Lipinski definition) is 4. The van der Waals surface area contributed by atoms with Crippen molar-refractivity contribution in [1.29, 1.82) is 0 Å². The zero-order valence-corrected chi connectivity index (χ0v) is 12.9. The highest BCUT2D eigenvalue weighted by atomic mass is 16.7. The SMILES string of the molecule is Cc1ccccc1C(=O)NCCC(O)c1ccc2c(c1)OCO2. The maximum atomic E-state index is 12.1. The summed E-state index contributed by atoms with van der Waals surface area (Å²) < 4.78 is 10.5. The van der Waals surface area contributed by atoms with E-state index in [1.165, 1.54) is 0 Å². The van der Waals surface area contributed by atoms with Crippen molar-refractivity contribution >= 4 is 5.91 Å². The minimum Gasteiger partial charge on any atom is -0.454 e. The van der Waals surface area contributed by atoms with Gasteiger partial charge in [0.05, 0.1) is 6.10 Å². The number of hydrogen-bond donors (Lipinski definition) is 2. The minimum absolute atomic E-state index is 0.124. The molecule has 5 heteroatoms. The van der Waals surface area contributed by atoms with Crippen LogP contribution in [0.25, 0.3) is 0 Å². The van der Waals surface area contributed by atoms with Crippen molar-refractivity contribution in [3.05, 3.63) is 59.2 Å². The summed E-state index contributed by atoms with van der Waals surface area (Å²) in [5.41, 5.74) is 2.34. The molecule has 0 saturated carbocycles. The van der Waals surface area contributed by atoms with Gasteiger partial charge in [-0.25, -0.2) is 0 Å². The number of nitrogens with one attached hydrogen (secondary N) is 1. The quantitative estimate of drug-likeness (QED) is 0.890. The average Bonchev–Trinajstić information content (AvgIpc) is 3.02. The number of carbonyl (C=O) groups is 1. The molecule has 1 amide bonds. The largest absolute Gasteiger partial charge is 0.454 e. The van der Waals surface area contributed by atoms with E-state index >= 15 is 0 Å². The fraction of sp³-hybridized carbons (Fsp3) is 0.278. The first-order valence-electron chi connectivity index (χ1n) is 7.56. The van der Waals surface area contributed by atoms with Gasteiger partial charge < -0.3 is 19.9 Å². The van der Waals surface area contributed by atoms with E-state index in [9.17, 15) is 9.90 Å². The van der Waals surface area contributed by atoms with Crippen LogP contribution in [0.5, 0.6) is 11.5 Å². The van der Waals surface area contributed by atoms with Crippen LogP contribution in [0.4, 0.5) is 0 Å². The molecule has 1 aliphatic rings. The van der Waals surface area contributed by atoms with Crippen LogP contribution in [0, 0.1) is 6.92 Å². The molecule has 2 N–H and O–H groups in total. The van der Waals surface area contributed by atoms with Crippen LogP contribution in [0.3, 0.4) is 0 Å². The molecule has 0 fully saturated rings. The Morgan fingerprint density at radius 2 is 2.00 bits per heavy atom. The van der Waals surface area contributed by atoms with Gasteiger partial charge >= 0.3 is 0 Å². The third-order valence-electron chi connectivity index (χ3n) is 3.87. The lowest BCUT2D eigenvalue weighted by molar-refractivity contribution is 0.0942. The predicted octanol–water partition coefficient (Wildman–Crippen LogP) is 2.58. The molecule has 0 radical (unpaired) electrons. The Morgan fingerprint density at radius 3 is 2.83 bits per heavy atom.